The lowest BCUT2D eigenvalue weighted by Crippen LogP contribution is -2.27. The van der Waals surface area contributed by atoms with Gasteiger partial charge in [0.2, 0.25) is 5.89 Å². The Labute approximate surface area is 168 Å². The van der Waals surface area contributed by atoms with E-state index in [2.05, 4.69) is 34.7 Å². The zero-order valence-corrected chi connectivity index (χ0v) is 16.5. The third-order valence-corrected chi connectivity index (χ3v) is 4.93. The molecule has 1 atom stereocenters. The second-order valence-electron chi connectivity index (χ2n) is 6.96. The number of carbonyl (C=O) groups is 1. The van der Waals surface area contributed by atoms with Crippen LogP contribution in [0.1, 0.15) is 40.1 Å². The van der Waals surface area contributed by atoms with Crippen LogP contribution >= 0.6 is 0 Å². The largest absolute Gasteiger partial charge is 0.337 e. The van der Waals surface area contributed by atoms with Gasteiger partial charge in [0.25, 0.3) is 5.91 Å². The molecule has 1 N–H and O–H groups in total. The predicted molar refractivity (Wildman–Crippen MR) is 107 cm³/mol. The molecule has 0 spiro atoms. The van der Waals surface area contributed by atoms with Gasteiger partial charge in [-0.05, 0) is 42.7 Å². The Balaban J connectivity index is 1.61. The predicted octanol–water partition coefficient (Wildman–Crippen LogP) is 3.93. The van der Waals surface area contributed by atoms with Crippen LogP contribution in [0.4, 0.5) is 0 Å². The summed E-state index contributed by atoms with van der Waals surface area (Å²) in [5, 5.41) is 3.85. The Kier molecular flexibility index (Phi) is 5.14. The van der Waals surface area contributed by atoms with Crippen molar-refractivity contribution in [3.63, 3.8) is 0 Å². The molecule has 3 aromatic rings. The van der Waals surface area contributed by atoms with Gasteiger partial charge in [-0.15, -0.1) is 0 Å². The van der Waals surface area contributed by atoms with Gasteiger partial charge >= 0.3 is 0 Å². The van der Waals surface area contributed by atoms with Gasteiger partial charge in [-0.1, -0.05) is 41.6 Å². The highest BCUT2D eigenvalue weighted by Crippen LogP contribution is 2.34. The van der Waals surface area contributed by atoms with E-state index in [1.807, 2.05) is 36.4 Å². The number of benzene rings is 2. The first kappa shape index (κ1) is 18.9. The van der Waals surface area contributed by atoms with E-state index in [0.717, 1.165) is 16.8 Å². The van der Waals surface area contributed by atoms with Crippen molar-refractivity contribution < 1.29 is 14.2 Å². The van der Waals surface area contributed by atoms with Crippen LogP contribution in [0.15, 0.2) is 65.0 Å². The van der Waals surface area contributed by atoms with Crippen molar-refractivity contribution in [3.05, 3.63) is 83.3 Å². The van der Waals surface area contributed by atoms with Crippen molar-refractivity contribution in [1.82, 2.24) is 20.5 Å². The van der Waals surface area contributed by atoms with E-state index in [4.69, 9.17) is 9.36 Å². The van der Waals surface area contributed by atoms with Gasteiger partial charge in [-0.3, -0.25) is 15.1 Å². The highest BCUT2D eigenvalue weighted by Gasteiger charge is 2.35. The van der Waals surface area contributed by atoms with Crippen LogP contribution in [-0.4, -0.2) is 28.1 Å². The van der Waals surface area contributed by atoms with Crippen molar-refractivity contribution in [1.29, 1.82) is 0 Å². The zero-order chi connectivity index (χ0) is 20.4. The minimum Gasteiger partial charge on any atom is -0.337 e. The summed E-state index contributed by atoms with van der Waals surface area (Å²) in [6, 6.07) is 15.4. The fourth-order valence-corrected chi connectivity index (χ4v) is 3.51. The summed E-state index contributed by atoms with van der Waals surface area (Å²) in [5.74, 6) is 0.787. The minimum absolute atomic E-state index is 0.143. The van der Waals surface area contributed by atoms with Crippen molar-refractivity contribution in [2.75, 3.05) is 7.11 Å². The Morgan fingerprint density at radius 1 is 1.17 bits per heavy atom. The third-order valence-electron chi connectivity index (χ3n) is 4.93. The summed E-state index contributed by atoms with van der Waals surface area (Å²) < 4.78 is 5.32. The molecule has 1 aliphatic heterocycles. The number of hydroxylamine groups is 1. The number of nitrogens with one attached hydrogen (secondary N) is 1. The molecule has 1 amide bonds. The molecule has 0 radical (unpaired) electrons. The van der Waals surface area contributed by atoms with Crippen LogP contribution in [0, 0.1) is 13.8 Å². The molecule has 2 aromatic carbocycles. The molecule has 4 rings (SSSR count). The van der Waals surface area contributed by atoms with Crippen LogP contribution in [0.5, 0.6) is 0 Å². The maximum Gasteiger partial charge on any atom is 0.258 e. The summed E-state index contributed by atoms with van der Waals surface area (Å²) >= 11 is 0. The van der Waals surface area contributed by atoms with E-state index in [9.17, 15) is 4.79 Å². The SMILES string of the molecule is CONC1=CN(C(=O)c2ccc(-c3ccccc3C)cc2)C(c2nc(C)no2)C1. The lowest BCUT2D eigenvalue weighted by atomic mass is 9.99. The number of aromatic nitrogens is 2. The summed E-state index contributed by atoms with van der Waals surface area (Å²) in [4.78, 5) is 24.1. The van der Waals surface area contributed by atoms with E-state index in [1.54, 1.807) is 18.0 Å². The number of amides is 1. The quantitative estimate of drug-likeness (QED) is 0.665. The van der Waals surface area contributed by atoms with E-state index < -0.39 is 0 Å². The van der Waals surface area contributed by atoms with E-state index in [-0.39, 0.29) is 11.9 Å². The molecular formula is C22H22N4O3. The molecule has 7 heteroatoms. The third kappa shape index (κ3) is 3.77. The molecule has 0 bridgehead atoms. The van der Waals surface area contributed by atoms with Gasteiger partial charge in [0.1, 0.15) is 6.04 Å². The van der Waals surface area contributed by atoms with Gasteiger partial charge in [0, 0.05) is 18.2 Å². The molecule has 7 nitrogen and oxygen atoms in total. The molecule has 0 fully saturated rings. The highest BCUT2D eigenvalue weighted by atomic mass is 16.6. The molecular weight excluding hydrogens is 368 g/mol. The minimum atomic E-state index is -0.377. The van der Waals surface area contributed by atoms with Gasteiger partial charge < -0.3 is 9.42 Å². The summed E-state index contributed by atoms with van der Waals surface area (Å²) in [5.41, 5.74) is 7.56. The Morgan fingerprint density at radius 2 is 1.93 bits per heavy atom. The van der Waals surface area contributed by atoms with Crippen molar-refractivity contribution in [2.24, 2.45) is 0 Å². The number of carbonyl (C=O) groups excluding carboxylic acids is 1. The number of hydrogen-bond acceptors (Lipinski definition) is 6. The Morgan fingerprint density at radius 3 is 2.59 bits per heavy atom. The number of rotatable bonds is 5. The van der Waals surface area contributed by atoms with Crippen LogP contribution < -0.4 is 5.48 Å². The van der Waals surface area contributed by atoms with Crippen molar-refractivity contribution >= 4 is 5.91 Å². The molecule has 1 aliphatic rings. The summed E-state index contributed by atoms with van der Waals surface area (Å²) in [6.45, 7) is 3.82. The van der Waals surface area contributed by atoms with Crippen LogP contribution in [-0.2, 0) is 4.84 Å². The molecule has 1 aromatic heterocycles. The van der Waals surface area contributed by atoms with Crippen LogP contribution in [0.3, 0.4) is 0 Å². The molecule has 1 unspecified atom stereocenters. The molecule has 2 heterocycles. The first-order valence-corrected chi connectivity index (χ1v) is 9.35. The number of hydrogen-bond donors (Lipinski definition) is 1. The van der Waals surface area contributed by atoms with Crippen molar-refractivity contribution in [3.8, 4) is 11.1 Å². The maximum atomic E-state index is 13.2. The average Bonchev–Trinajstić information content (AvgIpc) is 3.34. The number of nitrogens with zero attached hydrogens (tertiary/aromatic N) is 3. The van der Waals surface area contributed by atoms with Gasteiger partial charge in [0.15, 0.2) is 5.82 Å². The van der Waals surface area contributed by atoms with E-state index >= 15 is 0 Å². The maximum absolute atomic E-state index is 13.2. The lowest BCUT2D eigenvalue weighted by Gasteiger charge is -2.20. The standard InChI is InChI=1S/C22H22N4O3/c1-14-6-4-5-7-19(14)16-8-10-17(11-9-16)22(27)26-13-18(25-28-3)12-20(26)21-23-15(2)24-29-21/h4-11,13,20,25H,12H2,1-3H3. The van der Waals surface area contributed by atoms with E-state index in [1.165, 1.54) is 12.7 Å². The van der Waals surface area contributed by atoms with Crippen LogP contribution in [0.2, 0.25) is 0 Å². The normalized spacial score (nSPS) is 16.0. The summed E-state index contributed by atoms with van der Waals surface area (Å²) in [7, 11) is 1.53. The van der Waals surface area contributed by atoms with Gasteiger partial charge in [-0.2, -0.15) is 4.98 Å². The summed E-state index contributed by atoms with van der Waals surface area (Å²) in [6.07, 6.45) is 2.23. The van der Waals surface area contributed by atoms with Crippen molar-refractivity contribution in [2.45, 2.75) is 26.3 Å². The van der Waals surface area contributed by atoms with Gasteiger partial charge in [-0.25, -0.2) is 0 Å². The first-order chi connectivity index (χ1) is 14.1. The average molecular weight is 390 g/mol. The zero-order valence-electron chi connectivity index (χ0n) is 16.5. The second-order valence-corrected chi connectivity index (χ2v) is 6.96. The Hall–Kier alpha value is -3.45. The lowest BCUT2D eigenvalue weighted by molar-refractivity contribution is 0.0760. The monoisotopic (exact) mass is 390 g/mol. The fourth-order valence-electron chi connectivity index (χ4n) is 3.51. The number of aryl methyl sites for hydroxylation is 2. The first-order valence-electron chi connectivity index (χ1n) is 9.35. The smallest absolute Gasteiger partial charge is 0.258 e. The topological polar surface area (TPSA) is 80.5 Å². The molecule has 0 aliphatic carbocycles. The Bertz CT molecular complexity index is 1060. The molecule has 29 heavy (non-hydrogen) atoms. The highest BCUT2D eigenvalue weighted by molar-refractivity contribution is 5.96. The molecule has 148 valence electrons. The second kappa shape index (κ2) is 7.89. The van der Waals surface area contributed by atoms with E-state index in [0.29, 0.717) is 23.7 Å². The molecule has 0 saturated carbocycles. The fraction of sp³-hybridized carbons (Fsp3) is 0.227. The van der Waals surface area contributed by atoms with Gasteiger partial charge in [0.05, 0.1) is 12.8 Å². The van der Waals surface area contributed by atoms with Crippen LogP contribution in [0.25, 0.3) is 11.1 Å². The molecule has 0 saturated heterocycles.